The quantitative estimate of drug-likeness (QED) is 0.923. The summed E-state index contributed by atoms with van der Waals surface area (Å²) >= 11 is 0. The minimum absolute atomic E-state index is 0.00442. The normalized spacial score (nSPS) is 18.1. The molecule has 6 nitrogen and oxygen atoms in total. The van der Waals surface area contributed by atoms with Gasteiger partial charge in [0.15, 0.2) is 5.43 Å². The highest BCUT2D eigenvalue weighted by molar-refractivity contribution is 5.82. The summed E-state index contributed by atoms with van der Waals surface area (Å²) in [5.41, 5.74) is 0.701. The first kappa shape index (κ1) is 17.2. The third-order valence-electron chi connectivity index (χ3n) is 4.85. The van der Waals surface area contributed by atoms with Crippen LogP contribution >= 0.6 is 0 Å². The molecule has 0 aliphatic carbocycles. The zero-order valence-corrected chi connectivity index (χ0v) is 14.1. The Labute approximate surface area is 145 Å². The predicted octanol–water partition coefficient (Wildman–Crippen LogP) is 2.10. The van der Waals surface area contributed by atoms with Crippen LogP contribution in [0.1, 0.15) is 25.7 Å². The summed E-state index contributed by atoms with van der Waals surface area (Å²) in [6.45, 7) is 1.44. The summed E-state index contributed by atoms with van der Waals surface area (Å²) < 4.78 is 1.80. The van der Waals surface area contributed by atoms with Gasteiger partial charge in [0.1, 0.15) is 6.54 Å². The lowest BCUT2D eigenvalue weighted by Crippen LogP contribution is -2.35. The van der Waals surface area contributed by atoms with Crippen LogP contribution in [-0.2, 0) is 16.1 Å². The van der Waals surface area contributed by atoms with E-state index in [4.69, 9.17) is 5.11 Å². The molecule has 2 heterocycles. The maximum absolute atomic E-state index is 12.7. The second kappa shape index (κ2) is 7.51. The molecule has 0 spiro atoms. The van der Waals surface area contributed by atoms with Gasteiger partial charge in [-0.1, -0.05) is 12.1 Å². The van der Waals surface area contributed by atoms with Crippen molar-refractivity contribution < 1.29 is 14.7 Å². The molecule has 1 aliphatic rings. The second-order valence-corrected chi connectivity index (χ2v) is 6.60. The first-order chi connectivity index (χ1) is 12.0. The van der Waals surface area contributed by atoms with E-state index < -0.39 is 5.97 Å². The van der Waals surface area contributed by atoms with Crippen LogP contribution in [0.3, 0.4) is 0 Å². The van der Waals surface area contributed by atoms with E-state index in [1.165, 1.54) is 6.07 Å². The molecule has 0 radical (unpaired) electrons. The van der Waals surface area contributed by atoms with Gasteiger partial charge in [-0.25, -0.2) is 0 Å². The number of carbonyl (C=O) groups excluding carboxylic acids is 1. The highest BCUT2D eigenvalue weighted by Crippen LogP contribution is 2.21. The number of carboxylic acids is 1. The van der Waals surface area contributed by atoms with Gasteiger partial charge in [-0.3, -0.25) is 14.4 Å². The largest absolute Gasteiger partial charge is 0.481 e. The molecule has 2 aromatic rings. The van der Waals surface area contributed by atoms with E-state index in [2.05, 4.69) is 0 Å². The number of pyridine rings is 1. The highest BCUT2D eigenvalue weighted by Gasteiger charge is 2.22. The van der Waals surface area contributed by atoms with Crippen molar-refractivity contribution in [1.82, 2.24) is 9.47 Å². The van der Waals surface area contributed by atoms with E-state index in [-0.39, 0.29) is 30.2 Å². The van der Waals surface area contributed by atoms with Gasteiger partial charge in [0.2, 0.25) is 5.91 Å². The van der Waals surface area contributed by atoms with Crippen molar-refractivity contribution in [2.75, 3.05) is 13.1 Å². The highest BCUT2D eigenvalue weighted by atomic mass is 16.4. The molecule has 1 N–H and O–H groups in total. The standard InChI is InChI=1S/C19H22N2O4/c22-17-8-11-21(16-6-2-1-5-15(16)17)13-18(23)20-9-3-4-14(7-10-20)12-19(24)25/h1-2,5-6,8,11,14H,3-4,7,9-10,12-13H2,(H,24,25). The van der Waals surface area contributed by atoms with Crippen LogP contribution in [-0.4, -0.2) is 39.5 Å². The molecular weight excluding hydrogens is 320 g/mol. The fourth-order valence-corrected chi connectivity index (χ4v) is 3.51. The van der Waals surface area contributed by atoms with Crippen LogP contribution in [0.5, 0.6) is 0 Å². The maximum atomic E-state index is 12.7. The Morgan fingerprint density at radius 2 is 1.92 bits per heavy atom. The average molecular weight is 342 g/mol. The summed E-state index contributed by atoms with van der Waals surface area (Å²) in [5, 5.41) is 9.55. The summed E-state index contributed by atoms with van der Waals surface area (Å²) in [5.74, 6) is -0.627. The molecule has 25 heavy (non-hydrogen) atoms. The number of amides is 1. The summed E-state index contributed by atoms with van der Waals surface area (Å²) in [7, 11) is 0. The maximum Gasteiger partial charge on any atom is 0.303 e. The number of hydrogen-bond acceptors (Lipinski definition) is 3. The number of aromatic nitrogens is 1. The molecule has 1 aromatic heterocycles. The van der Waals surface area contributed by atoms with Crippen molar-refractivity contribution in [1.29, 1.82) is 0 Å². The minimum atomic E-state index is -0.774. The van der Waals surface area contributed by atoms with Crippen molar-refractivity contribution in [2.45, 2.75) is 32.2 Å². The predicted molar refractivity (Wildman–Crippen MR) is 94.4 cm³/mol. The molecule has 1 aliphatic heterocycles. The number of aliphatic carboxylic acids is 1. The first-order valence-electron chi connectivity index (χ1n) is 8.62. The van der Waals surface area contributed by atoms with Crippen LogP contribution in [0.25, 0.3) is 10.9 Å². The molecule has 1 amide bonds. The van der Waals surface area contributed by atoms with Crippen molar-refractivity contribution in [3.05, 3.63) is 46.8 Å². The summed E-state index contributed by atoms with van der Waals surface area (Å²) in [6, 6.07) is 8.76. The Hall–Kier alpha value is -2.63. The molecule has 0 saturated carbocycles. The lowest BCUT2D eigenvalue weighted by molar-refractivity contribution is -0.138. The molecule has 6 heteroatoms. The molecule has 1 aromatic carbocycles. The zero-order valence-electron chi connectivity index (χ0n) is 14.1. The van der Waals surface area contributed by atoms with E-state index >= 15 is 0 Å². The third-order valence-corrected chi connectivity index (χ3v) is 4.85. The van der Waals surface area contributed by atoms with Gasteiger partial charge in [-0.15, -0.1) is 0 Å². The zero-order chi connectivity index (χ0) is 17.8. The fourth-order valence-electron chi connectivity index (χ4n) is 3.51. The Morgan fingerprint density at radius 3 is 2.72 bits per heavy atom. The molecule has 1 fully saturated rings. The van der Waals surface area contributed by atoms with Crippen molar-refractivity contribution in [3.63, 3.8) is 0 Å². The topological polar surface area (TPSA) is 79.6 Å². The van der Waals surface area contributed by atoms with Gasteiger partial charge in [-0.05, 0) is 37.3 Å². The summed E-state index contributed by atoms with van der Waals surface area (Å²) in [4.78, 5) is 37.3. The number of likely N-dealkylation sites (tertiary alicyclic amines) is 1. The van der Waals surface area contributed by atoms with E-state index in [1.807, 2.05) is 23.1 Å². The third kappa shape index (κ3) is 4.07. The monoisotopic (exact) mass is 342 g/mol. The van der Waals surface area contributed by atoms with Crippen LogP contribution in [0, 0.1) is 5.92 Å². The van der Waals surface area contributed by atoms with Gasteiger partial charge >= 0.3 is 5.97 Å². The molecule has 1 atom stereocenters. The van der Waals surface area contributed by atoms with Crippen LogP contribution in [0.15, 0.2) is 41.3 Å². The number of para-hydroxylation sites is 1. The number of hydrogen-bond donors (Lipinski definition) is 1. The van der Waals surface area contributed by atoms with Crippen molar-refractivity contribution in [2.24, 2.45) is 5.92 Å². The van der Waals surface area contributed by atoms with Gasteiger partial charge in [0.25, 0.3) is 0 Å². The Kier molecular flexibility index (Phi) is 5.16. The molecule has 132 valence electrons. The lowest BCUT2D eigenvalue weighted by Gasteiger charge is -2.22. The van der Waals surface area contributed by atoms with E-state index in [1.54, 1.807) is 16.8 Å². The molecule has 3 rings (SSSR count). The van der Waals surface area contributed by atoms with Crippen LogP contribution < -0.4 is 5.43 Å². The van der Waals surface area contributed by atoms with Gasteiger partial charge in [0.05, 0.1) is 5.52 Å². The number of fused-ring (bicyclic) bond motifs is 1. The molecular formula is C19H22N2O4. The second-order valence-electron chi connectivity index (χ2n) is 6.60. The fraction of sp³-hybridized carbons (Fsp3) is 0.421. The number of rotatable bonds is 4. The number of carboxylic acid groups (broad SMARTS) is 1. The van der Waals surface area contributed by atoms with E-state index in [9.17, 15) is 14.4 Å². The molecule has 1 unspecified atom stereocenters. The molecule has 1 saturated heterocycles. The smallest absolute Gasteiger partial charge is 0.303 e. The summed E-state index contributed by atoms with van der Waals surface area (Å²) in [6.07, 6.45) is 4.23. The first-order valence-corrected chi connectivity index (χ1v) is 8.62. The van der Waals surface area contributed by atoms with Gasteiger partial charge in [0, 0.05) is 37.2 Å². The SMILES string of the molecule is O=C(O)CC1CCCN(C(=O)Cn2ccc(=O)c3ccccc32)CC1. The molecule has 0 bridgehead atoms. The average Bonchev–Trinajstić information content (AvgIpc) is 2.83. The number of carbonyl (C=O) groups is 2. The Morgan fingerprint density at radius 1 is 1.12 bits per heavy atom. The van der Waals surface area contributed by atoms with E-state index in [0.717, 1.165) is 24.8 Å². The number of nitrogens with zero attached hydrogens (tertiary/aromatic N) is 2. The van der Waals surface area contributed by atoms with Crippen LogP contribution in [0.4, 0.5) is 0 Å². The van der Waals surface area contributed by atoms with E-state index in [0.29, 0.717) is 18.5 Å². The van der Waals surface area contributed by atoms with Crippen molar-refractivity contribution >= 4 is 22.8 Å². The van der Waals surface area contributed by atoms with Gasteiger partial charge in [-0.2, -0.15) is 0 Å². The number of benzene rings is 1. The Balaban J connectivity index is 1.72. The lowest BCUT2D eigenvalue weighted by atomic mass is 9.97. The Bertz CT molecular complexity index is 843. The minimum Gasteiger partial charge on any atom is -0.481 e. The van der Waals surface area contributed by atoms with Crippen LogP contribution in [0.2, 0.25) is 0 Å². The van der Waals surface area contributed by atoms with Crippen molar-refractivity contribution in [3.8, 4) is 0 Å². The van der Waals surface area contributed by atoms with Gasteiger partial charge < -0.3 is 14.6 Å².